The Morgan fingerprint density at radius 1 is 0.867 bits per heavy atom. The fourth-order valence-electron chi connectivity index (χ4n) is 4.48. The first kappa shape index (κ1) is 19.1. The minimum absolute atomic E-state index is 1.10. The van der Waals surface area contributed by atoms with Crippen LogP contribution in [0.3, 0.4) is 0 Å². The first-order valence-corrected chi connectivity index (χ1v) is 11.5. The van der Waals surface area contributed by atoms with Gasteiger partial charge < -0.3 is 0 Å². The zero-order valence-electron chi connectivity index (χ0n) is 17.3. The average Bonchev–Trinajstić information content (AvgIpc) is 3.04. The van der Waals surface area contributed by atoms with Gasteiger partial charge >= 0.3 is 0 Å². The van der Waals surface area contributed by atoms with Gasteiger partial charge in [0.15, 0.2) is 0 Å². The fourth-order valence-corrected chi connectivity index (χ4v) is 5.18. The Hall–Kier alpha value is -2.84. The van der Waals surface area contributed by atoms with Crippen LogP contribution < -0.4 is 10.4 Å². The van der Waals surface area contributed by atoms with Crippen LogP contribution >= 0.6 is 11.8 Å². The lowest BCUT2D eigenvalue weighted by Crippen LogP contribution is -2.19. The molecule has 1 heterocycles. The molecular weight excluding hydrogens is 382 g/mol. The predicted molar refractivity (Wildman–Crippen MR) is 129 cm³/mol. The van der Waals surface area contributed by atoms with Crippen molar-refractivity contribution in [2.45, 2.75) is 37.5 Å². The minimum Gasteiger partial charge on any atom is -0.264 e. The molecule has 6 rings (SSSR count). The molecule has 2 heteroatoms. The third-order valence-electron chi connectivity index (χ3n) is 5.96. The zero-order valence-corrected chi connectivity index (χ0v) is 18.1. The highest BCUT2D eigenvalue weighted by Gasteiger charge is 2.11. The summed E-state index contributed by atoms with van der Waals surface area (Å²) < 4.78 is 0. The van der Waals surface area contributed by atoms with Gasteiger partial charge in [0.05, 0.1) is 0 Å². The number of rotatable bonds is 0. The third-order valence-corrected chi connectivity index (χ3v) is 6.84. The second-order valence-corrected chi connectivity index (χ2v) is 8.92. The van der Waals surface area contributed by atoms with E-state index >= 15 is 0 Å². The van der Waals surface area contributed by atoms with Crippen molar-refractivity contribution in [1.82, 2.24) is 0 Å². The number of nitrogens with zero attached hydrogens (tertiary/aromatic N) is 1. The maximum atomic E-state index is 4.09. The fraction of sp³-hybridized carbons (Fsp3) is 0.179. The molecule has 1 nitrogen and oxygen atoms in total. The molecule has 2 aliphatic carbocycles. The van der Waals surface area contributed by atoms with Gasteiger partial charge in [-0.2, -0.15) is 0 Å². The molecule has 0 bridgehead atoms. The topological polar surface area (TPSA) is 12.4 Å². The van der Waals surface area contributed by atoms with Crippen LogP contribution in [0.2, 0.25) is 0 Å². The molecular formula is C28H25NS. The zero-order chi connectivity index (χ0) is 20.3. The lowest BCUT2D eigenvalue weighted by atomic mass is 9.89. The summed E-state index contributed by atoms with van der Waals surface area (Å²) >= 11 is 1.70. The quantitative estimate of drug-likeness (QED) is 0.485. The molecule has 0 unspecified atom stereocenters. The van der Waals surface area contributed by atoms with E-state index in [0.29, 0.717) is 0 Å². The molecule has 0 saturated heterocycles. The monoisotopic (exact) mass is 407 g/mol. The van der Waals surface area contributed by atoms with Crippen molar-refractivity contribution >= 4 is 30.1 Å². The number of thioether (sulfide) groups is 1. The second-order valence-electron chi connectivity index (χ2n) is 7.97. The molecule has 0 atom stereocenters. The van der Waals surface area contributed by atoms with E-state index in [9.17, 15) is 0 Å². The summed E-state index contributed by atoms with van der Waals surface area (Å²) in [5.74, 6) is 0. The van der Waals surface area contributed by atoms with Crippen molar-refractivity contribution in [3.63, 3.8) is 0 Å². The highest BCUT2D eigenvalue weighted by molar-refractivity contribution is 8.02. The van der Waals surface area contributed by atoms with Crippen LogP contribution in [0, 0.1) is 17.4 Å². The molecule has 3 aliphatic rings. The van der Waals surface area contributed by atoms with Gasteiger partial charge in [-0.05, 0) is 76.1 Å². The summed E-state index contributed by atoms with van der Waals surface area (Å²) in [7, 11) is 0. The van der Waals surface area contributed by atoms with E-state index < -0.39 is 0 Å². The Balaban J connectivity index is 0.000000149. The summed E-state index contributed by atoms with van der Waals surface area (Å²) in [6.07, 6.45) is 13.4. The Morgan fingerprint density at radius 3 is 2.73 bits per heavy atom. The smallest absolute Gasteiger partial charge is 0.0351 e. The van der Waals surface area contributed by atoms with Gasteiger partial charge in [-0.1, -0.05) is 78.0 Å². The molecule has 0 N–H and O–H groups in total. The van der Waals surface area contributed by atoms with Gasteiger partial charge in [0, 0.05) is 22.9 Å². The van der Waals surface area contributed by atoms with Gasteiger partial charge in [-0.15, -0.1) is 0 Å². The van der Waals surface area contributed by atoms with Crippen molar-refractivity contribution in [2.24, 2.45) is 4.99 Å². The van der Waals surface area contributed by atoms with Crippen LogP contribution in [-0.2, 0) is 12.8 Å². The van der Waals surface area contributed by atoms with Crippen molar-refractivity contribution in [1.29, 1.82) is 0 Å². The Morgan fingerprint density at radius 2 is 1.77 bits per heavy atom. The number of hydrogen-bond acceptors (Lipinski definition) is 2. The molecule has 0 aromatic heterocycles. The molecule has 1 aliphatic heterocycles. The van der Waals surface area contributed by atoms with Crippen molar-refractivity contribution in [3.8, 4) is 0 Å². The van der Waals surface area contributed by atoms with Crippen LogP contribution in [0.4, 0.5) is 0 Å². The molecule has 3 aromatic rings. The van der Waals surface area contributed by atoms with Gasteiger partial charge in [-0.3, -0.25) is 4.99 Å². The van der Waals surface area contributed by atoms with Crippen molar-refractivity contribution < 1.29 is 0 Å². The first-order valence-electron chi connectivity index (χ1n) is 10.7. The SMILES string of the molecule is C1=CSc2ccccc2C=N1.Cc1ccc2c(c1)=CCc1c3c(ccc1=2)=CCCC3. The van der Waals surface area contributed by atoms with Gasteiger partial charge in [0.1, 0.15) is 0 Å². The first-order chi connectivity index (χ1) is 14.8. The number of aryl methyl sites for hydroxylation is 1. The maximum absolute atomic E-state index is 4.09. The molecule has 30 heavy (non-hydrogen) atoms. The van der Waals surface area contributed by atoms with Crippen LogP contribution in [0.1, 0.15) is 35.1 Å². The predicted octanol–water partition coefficient (Wildman–Crippen LogP) is 5.42. The average molecular weight is 408 g/mol. The van der Waals surface area contributed by atoms with Crippen molar-refractivity contribution in [3.05, 3.63) is 109 Å². The number of hydrogen-bond donors (Lipinski definition) is 0. The highest BCUT2D eigenvalue weighted by Crippen LogP contribution is 2.24. The second kappa shape index (κ2) is 8.49. The molecule has 0 spiro atoms. The van der Waals surface area contributed by atoms with Crippen LogP contribution in [0.25, 0.3) is 12.2 Å². The molecule has 0 saturated carbocycles. The molecule has 3 aromatic carbocycles. The Bertz CT molecular complexity index is 1380. The Labute approximate surface area is 181 Å². The number of benzene rings is 3. The lowest BCUT2D eigenvalue weighted by molar-refractivity contribution is 0.824. The van der Waals surface area contributed by atoms with Crippen LogP contribution in [0.15, 0.2) is 76.1 Å². The largest absolute Gasteiger partial charge is 0.264 e. The standard InChI is InChI=1S/C19H18.C9H7NS/c1-13-6-9-17-15(12-13)8-11-18-16-5-3-2-4-14(16)7-10-19(17)18;1-2-4-9-8(3-1)7-10-5-6-11-9/h4,6-10,12H,2-3,5,11H2,1H3;1-7H. The van der Waals surface area contributed by atoms with Gasteiger partial charge in [0.25, 0.3) is 0 Å². The Kier molecular flexibility index (Phi) is 5.42. The molecule has 0 fully saturated rings. The number of aliphatic imine (C=N–C) groups is 1. The third kappa shape index (κ3) is 3.80. The molecule has 148 valence electrons. The van der Waals surface area contributed by atoms with E-state index in [-0.39, 0.29) is 0 Å². The van der Waals surface area contributed by atoms with Crippen molar-refractivity contribution in [2.75, 3.05) is 0 Å². The van der Waals surface area contributed by atoms with Crippen LogP contribution in [0.5, 0.6) is 0 Å². The van der Waals surface area contributed by atoms with Gasteiger partial charge in [0.2, 0.25) is 0 Å². The summed E-state index contributed by atoms with van der Waals surface area (Å²) in [4.78, 5) is 5.35. The maximum Gasteiger partial charge on any atom is 0.0351 e. The van der Waals surface area contributed by atoms with E-state index in [1.807, 2.05) is 30.0 Å². The summed E-state index contributed by atoms with van der Waals surface area (Å²) in [6, 6.07) is 19.7. The van der Waals surface area contributed by atoms with Crippen LogP contribution in [-0.4, -0.2) is 6.21 Å². The number of fused-ring (bicyclic) bond motifs is 5. The van der Waals surface area contributed by atoms with E-state index in [4.69, 9.17) is 0 Å². The van der Waals surface area contributed by atoms with E-state index in [1.54, 1.807) is 22.9 Å². The summed E-state index contributed by atoms with van der Waals surface area (Å²) in [5.41, 5.74) is 5.73. The molecule has 0 amide bonds. The minimum atomic E-state index is 1.10. The summed E-state index contributed by atoms with van der Waals surface area (Å²) in [5, 5.41) is 7.76. The highest BCUT2D eigenvalue weighted by atomic mass is 32.2. The van der Waals surface area contributed by atoms with E-state index in [2.05, 4.69) is 66.5 Å². The summed E-state index contributed by atoms with van der Waals surface area (Å²) in [6.45, 7) is 2.17. The molecule has 0 radical (unpaired) electrons. The van der Waals surface area contributed by atoms with Gasteiger partial charge in [-0.25, -0.2) is 0 Å². The van der Waals surface area contributed by atoms with E-state index in [1.165, 1.54) is 56.2 Å². The normalized spacial score (nSPS) is 15.1. The lowest BCUT2D eigenvalue weighted by Gasteiger charge is -2.16. The van der Waals surface area contributed by atoms with E-state index in [0.717, 1.165) is 6.42 Å².